The highest BCUT2D eigenvalue weighted by Gasteiger charge is 2.33. The fraction of sp³-hybridized carbons (Fsp3) is 0.500. The van der Waals surface area contributed by atoms with Gasteiger partial charge >= 0.3 is 0 Å². The van der Waals surface area contributed by atoms with Crippen LogP contribution in [0.3, 0.4) is 0 Å². The van der Waals surface area contributed by atoms with E-state index in [0.29, 0.717) is 13.0 Å². The maximum absolute atomic E-state index is 12.2. The second kappa shape index (κ2) is 5.16. The summed E-state index contributed by atoms with van der Waals surface area (Å²) < 4.78 is 29.6. The van der Waals surface area contributed by atoms with Crippen molar-refractivity contribution in [3.8, 4) is 0 Å². The Balaban J connectivity index is 2.13. The molecule has 0 aromatic heterocycles. The Bertz CT molecular complexity index is 458. The van der Waals surface area contributed by atoms with E-state index in [1.165, 1.54) is 0 Å². The molecule has 1 saturated heterocycles. The van der Waals surface area contributed by atoms with Gasteiger partial charge in [0, 0.05) is 12.6 Å². The van der Waals surface area contributed by atoms with Crippen molar-refractivity contribution in [2.45, 2.75) is 23.5 Å². The summed E-state index contributed by atoms with van der Waals surface area (Å²) in [5, 5.41) is -0.573. The molecule has 0 radical (unpaired) electrons. The van der Waals surface area contributed by atoms with Crippen LogP contribution in [0.15, 0.2) is 30.3 Å². The average Bonchev–Trinajstić information content (AvgIpc) is 2.30. The molecule has 94 valence electrons. The predicted octanol–water partition coefficient (Wildman–Crippen LogP) is 0.718. The van der Waals surface area contributed by atoms with Gasteiger partial charge in [0.15, 0.2) is 9.84 Å². The fourth-order valence-corrected chi connectivity index (χ4v) is 3.86. The Hall–Kier alpha value is -0.910. The summed E-state index contributed by atoms with van der Waals surface area (Å²) in [4.78, 5) is 0. The molecule has 2 unspecified atom stereocenters. The lowest BCUT2D eigenvalue weighted by molar-refractivity contribution is 0.0891. The number of rotatable bonds is 3. The van der Waals surface area contributed by atoms with Gasteiger partial charge in [-0.05, 0) is 12.0 Å². The first-order valence-electron chi connectivity index (χ1n) is 5.68. The molecule has 2 rings (SSSR count). The first-order chi connectivity index (χ1) is 8.09. The second-order valence-corrected chi connectivity index (χ2v) is 6.58. The molecule has 4 nitrogen and oxygen atoms in total. The van der Waals surface area contributed by atoms with E-state index in [1.54, 1.807) is 0 Å². The number of hydrogen-bond donors (Lipinski definition) is 1. The van der Waals surface area contributed by atoms with Crippen molar-refractivity contribution in [3.05, 3.63) is 35.9 Å². The van der Waals surface area contributed by atoms with Gasteiger partial charge in [0.25, 0.3) is 0 Å². The van der Waals surface area contributed by atoms with Crippen molar-refractivity contribution in [2.75, 3.05) is 13.2 Å². The number of hydrogen-bond acceptors (Lipinski definition) is 4. The second-order valence-electron chi connectivity index (χ2n) is 4.36. The van der Waals surface area contributed by atoms with Crippen LogP contribution in [0, 0.1) is 0 Å². The molecule has 17 heavy (non-hydrogen) atoms. The molecule has 0 amide bonds. The SMILES string of the molecule is NC1CCOCC1S(=O)(=O)Cc1ccccc1. The molecule has 2 N–H and O–H groups in total. The van der Waals surface area contributed by atoms with Crippen molar-refractivity contribution in [1.29, 1.82) is 0 Å². The first-order valence-corrected chi connectivity index (χ1v) is 7.40. The van der Waals surface area contributed by atoms with Gasteiger partial charge in [-0.3, -0.25) is 0 Å². The van der Waals surface area contributed by atoms with E-state index in [9.17, 15) is 8.42 Å². The molecule has 1 fully saturated rings. The van der Waals surface area contributed by atoms with Gasteiger partial charge < -0.3 is 10.5 Å². The molecular weight excluding hydrogens is 238 g/mol. The summed E-state index contributed by atoms with van der Waals surface area (Å²) in [5.41, 5.74) is 6.66. The minimum absolute atomic E-state index is 0.0373. The number of nitrogens with two attached hydrogens (primary N) is 1. The van der Waals surface area contributed by atoms with E-state index < -0.39 is 15.1 Å². The number of benzene rings is 1. The van der Waals surface area contributed by atoms with Crippen molar-refractivity contribution in [3.63, 3.8) is 0 Å². The van der Waals surface area contributed by atoms with E-state index in [1.807, 2.05) is 30.3 Å². The van der Waals surface area contributed by atoms with E-state index in [0.717, 1.165) is 5.56 Å². The molecule has 1 aromatic carbocycles. The molecule has 2 atom stereocenters. The van der Waals surface area contributed by atoms with Crippen LogP contribution in [0.5, 0.6) is 0 Å². The Labute approximate surface area is 102 Å². The topological polar surface area (TPSA) is 69.4 Å². The van der Waals surface area contributed by atoms with Crippen LogP contribution in [0.2, 0.25) is 0 Å². The Morgan fingerprint density at radius 3 is 2.65 bits per heavy atom. The van der Waals surface area contributed by atoms with Crippen molar-refractivity contribution < 1.29 is 13.2 Å². The summed E-state index contributed by atoms with van der Waals surface area (Å²) in [5.74, 6) is 0.0373. The zero-order valence-electron chi connectivity index (χ0n) is 9.58. The summed E-state index contributed by atoms with van der Waals surface area (Å²) >= 11 is 0. The number of ether oxygens (including phenoxy) is 1. The molecule has 0 spiro atoms. The van der Waals surface area contributed by atoms with Crippen LogP contribution >= 0.6 is 0 Å². The largest absolute Gasteiger partial charge is 0.380 e. The molecule has 0 saturated carbocycles. The molecule has 1 aliphatic rings. The van der Waals surface area contributed by atoms with Crippen LogP contribution in [0.4, 0.5) is 0 Å². The minimum atomic E-state index is -3.24. The van der Waals surface area contributed by atoms with Gasteiger partial charge in [-0.15, -0.1) is 0 Å². The average molecular weight is 255 g/mol. The zero-order valence-corrected chi connectivity index (χ0v) is 10.4. The lowest BCUT2D eigenvalue weighted by Crippen LogP contribution is -2.48. The lowest BCUT2D eigenvalue weighted by Gasteiger charge is -2.28. The molecule has 1 aliphatic heterocycles. The maximum Gasteiger partial charge on any atom is 0.161 e. The highest BCUT2D eigenvalue weighted by atomic mass is 32.2. The highest BCUT2D eigenvalue weighted by Crippen LogP contribution is 2.18. The van der Waals surface area contributed by atoms with Gasteiger partial charge in [-0.2, -0.15) is 0 Å². The molecule has 0 aliphatic carbocycles. The van der Waals surface area contributed by atoms with Gasteiger partial charge in [-0.1, -0.05) is 30.3 Å². The lowest BCUT2D eigenvalue weighted by atomic mass is 10.1. The van der Waals surface area contributed by atoms with Crippen molar-refractivity contribution >= 4 is 9.84 Å². The third kappa shape index (κ3) is 3.06. The van der Waals surface area contributed by atoms with Crippen LogP contribution in [0.25, 0.3) is 0 Å². The van der Waals surface area contributed by atoms with Gasteiger partial charge in [0.1, 0.15) is 5.25 Å². The van der Waals surface area contributed by atoms with E-state index in [4.69, 9.17) is 10.5 Å². The number of sulfone groups is 1. The van der Waals surface area contributed by atoms with E-state index >= 15 is 0 Å². The smallest absolute Gasteiger partial charge is 0.161 e. The summed E-state index contributed by atoms with van der Waals surface area (Å²) in [6.07, 6.45) is 0.610. The summed E-state index contributed by atoms with van der Waals surface area (Å²) in [6.45, 7) is 0.773. The van der Waals surface area contributed by atoms with Crippen LogP contribution < -0.4 is 5.73 Å². The fourth-order valence-electron chi connectivity index (χ4n) is 2.01. The quantitative estimate of drug-likeness (QED) is 0.864. The highest BCUT2D eigenvalue weighted by molar-refractivity contribution is 7.91. The van der Waals surface area contributed by atoms with E-state index in [2.05, 4.69) is 0 Å². The van der Waals surface area contributed by atoms with Crippen LogP contribution in [-0.4, -0.2) is 32.9 Å². The van der Waals surface area contributed by atoms with Crippen LogP contribution in [0.1, 0.15) is 12.0 Å². The van der Waals surface area contributed by atoms with Crippen LogP contribution in [-0.2, 0) is 20.3 Å². The third-order valence-corrected chi connectivity index (χ3v) is 5.17. The monoisotopic (exact) mass is 255 g/mol. The molecule has 5 heteroatoms. The molecular formula is C12H17NO3S. The Kier molecular flexibility index (Phi) is 3.81. The summed E-state index contributed by atoms with van der Waals surface area (Å²) in [7, 11) is -3.24. The third-order valence-electron chi connectivity index (χ3n) is 3.03. The zero-order chi connectivity index (χ0) is 12.3. The van der Waals surface area contributed by atoms with Gasteiger partial charge in [-0.25, -0.2) is 8.42 Å². The summed E-state index contributed by atoms with van der Waals surface area (Å²) in [6, 6.07) is 8.85. The van der Waals surface area contributed by atoms with Gasteiger partial charge in [0.05, 0.1) is 12.4 Å². The van der Waals surface area contributed by atoms with Crippen molar-refractivity contribution in [2.24, 2.45) is 5.73 Å². The minimum Gasteiger partial charge on any atom is -0.380 e. The maximum atomic E-state index is 12.2. The molecule has 0 bridgehead atoms. The Morgan fingerprint density at radius 2 is 2.00 bits per heavy atom. The van der Waals surface area contributed by atoms with E-state index in [-0.39, 0.29) is 18.4 Å². The van der Waals surface area contributed by atoms with Gasteiger partial charge in [0.2, 0.25) is 0 Å². The Morgan fingerprint density at radius 1 is 1.29 bits per heavy atom. The standard InChI is InChI=1S/C12H17NO3S/c13-11-6-7-16-8-12(11)17(14,15)9-10-4-2-1-3-5-10/h1-5,11-12H,6-9,13H2. The molecule has 1 aromatic rings. The van der Waals surface area contributed by atoms with Crippen molar-refractivity contribution in [1.82, 2.24) is 0 Å². The first kappa shape index (κ1) is 12.5. The predicted molar refractivity (Wildman–Crippen MR) is 66.3 cm³/mol. The molecule has 1 heterocycles. The normalized spacial score (nSPS) is 25.7.